The van der Waals surface area contributed by atoms with Gasteiger partial charge in [-0.3, -0.25) is 37.3 Å². The van der Waals surface area contributed by atoms with E-state index in [4.69, 9.17) is 37.0 Å². The minimum absolute atomic E-state index is 0.105. The van der Waals surface area contributed by atoms with Crippen LogP contribution in [0.15, 0.2) is 0 Å². The van der Waals surface area contributed by atoms with Crippen LogP contribution in [0.3, 0.4) is 0 Å². The predicted octanol–water partition coefficient (Wildman–Crippen LogP) is 19.8. The highest BCUT2D eigenvalue weighted by Gasteiger charge is 2.30. The van der Waals surface area contributed by atoms with Gasteiger partial charge in [-0.25, -0.2) is 9.13 Å². The number of aliphatic hydroxyl groups is 1. The molecule has 2 unspecified atom stereocenters. The summed E-state index contributed by atoms with van der Waals surface area (Å²) in [4.78, 5) is 72.5. The van der Waals surface area contributed by atoms with Crippen molar-refractivity contribution in [3.05, 3.63) is 0 Å². The van der Waals surface area contributed by atoms with E-state index in [1.54, 1.807) is 0 Å². The molecule has 19 heteroatoms. The van der Waals surface area contributed by atoms with Crippen LogP contribution in [0.25, 0.3) is 0 Å². The van der Waals surface area contributed by atoms with Crippen molar-refractivity contribution in [2.75, 3.05) is 39.6 Å². The van der Waals surface area contributed by atoms with Gasteiger partial charge >= 0.3 is 39.5 Å². The fourth-order valence-electron chi connectivity index (χ4n) is 10.5. The molecule has 89 heavy (non-hydrogen) atoms. The second-order valence-corrected chi connectivity index (χ2v) is 29.6. The molecular weight excluding hydrogens is 1170 g/mol. The lowest BCUT2D eigenvalue weighted by Gasteiger charge is -2.21. The number of rotatable bonds is 68. The fraction of sp³-hybridized carbons (Fsp3) is 0.943. The molecule has 0 saturated heterocycles. The van der Waals surface area contributed by atoms with Crippen molar-refractivity contribution in [3.8, 4) is 0 Å². The van der Waals surface area contributed by atoms with Gasteiger partial charge < -0.3 is 33.8 Å². The molecule has 0 aliphatic heterocycles. The zero-order valence-corrected chi connectivity index (χ0v) is 59.7. The Hall–Kier alpha value is -1.94. The number of aliphatic hydroxyl groups excluding tert-OH is 1. The van der Waals surface area contributed by atoms with Gasteiger partial charge in [-0.05, 0) is 43.4 Å². The number of hydrogen-bond donors (Lipinski definition) is 3. The standard InChI is InChI=1S/C70H136O17P2/c1-8-9-10-11-12-13-24-30-39-46-53-69(74)87-66(58-81-68(73)52-45-38-33-32-36-43-50-63(6)7)60-85-89(78,79)83-56-64(71)55-82-88(76,77)84-59-65(86-70(75)54-47-40-31-26-21-17-15-19-23-28-35-42-49-62(4)5)57-80-67(72)51-44-37-29-25-20-16-14-18-22-27-34-41-48-61(2)3/h61-66,71H,8-60H2,1-7H3,(H,76,77)(H,78,79)/t64-,65-,66-/m1/s1. The van der Waals surface area contributed by atoms with Crippen LogP contribution in [0.5, 0.6) is 0 Å². The molecule has 528 valence electrons. The van der Waals surface area contributed by atoms with Crippen LogP contribution >= 0.6 is 15.6 Å². The Bertz CT molecular complexity index is 1750. The minimum atomic E-state index is -4.95. The maximum absolute atomic E-state index is 13.0. The van der Waals surface area contributed by atoms with Gasteiger partial charge in [-0.15, -0.1) is 0 Å². The van der Waals surface area contributed by atoms with Crippen molar-refractivity contribution in [2.45, 2.75) is 369 Å². The van der Waals surface area contributed by atoms with E-state index in [-0.39, 0.29) is 25.7 Å². The van der Waals surface area contributed by atoms with E-state index in [1.165, 1.54) is 154 Å². The topological polar surface area (TPSA) is 237 Å². The molecule has 0 spiro atoms. The Labute approximate surface area is 543 Å². The maximum Gasteiger partial charge on any atom is 0.472 e. The van der Waals surface area contributed by atoms with Crippen LogP contribution < -0.4 is 0 Å². The molecule has 0 aliphatic carbocycles. The molecule has 0 radical (unpaired) electrons. The number of esters is 4. The SMILES string of the molecule is CCCCCCCCCCCCC(=O)O[C@H](COC(=O)CCCCCCCCC(C)C)COP(=O)(O)OC[C@H](O)COP(=O)(O)OC[C@@H](COC(=O)CCCCCCCCCCCCCCC(C)C)OC(=O)CCCCCCCCCCCCCCC(C)C. The average Bonchev–Trinajstić information content (AvgIpc) is 3.67. The van der Waals surface area contributed by atoms with Gasteiger partial charge in [0.1, 0.15) is 19.3 Å². The summed E-state index contributed by atoms with van der Waals surface area (Å²) in [5, 5.41) is 10.6. The number of unbranched alkanes of at least 4 members (excludes halogenated alkanes) is 36. The molecule has 0 rings (SSSR count). The first kappa shape index (κ1) is 87.1. The van der Waals surface area contributed by atoms with Crippen molar-refractivity contribution in [2.24, 2.45) is 17.8 Å². The van der Waals surface area contributed by atoms with Crippen LogP contribution in [-0.4, -0.2) is 96.7 Å². The Morgan fingerprint density at radius 1 is 0.303 bits per heavy atom. The molecule has 0 bridgehead atoms. The van der Waals surface area contributed by atoms with Gasteiger partial charge in [-0.2, -0.15) is 0 Å². The van der Waals surface area contributed by atoms with Gasteiger partial charge in [-0.1, -0.05) is 299 Å². The number of phosphoric acid groups is 2. The largest absolute Gasteiger partial charge is 0.472 e. The molecule has 5 atom stereocenters. The molecule has 17 nitrogen and oxygen atoms in total. The molecule has 0 aromatic carbocycles. The molecule has 0 fully saturated rings. The lowest BCUT2D eigenvalue weighted by atomic mass is 10.0. The van der Waals surface area contributed by atoms with Crippen molar-refractivity contribution >= 4 is 39.5 Å². The average molecular weight is 1310 g/mol. The van der Waals surface area contributed by atoms with E-state index in [0.717, 1.165) is 108 Å². The van der Waals surface area contributed by atoms with Crippen LogP contribution in [-0.2, 0) is 65.4 Å². The number of carbonyl (C=O) groups is 4. The zero-order valence-electron chi connectivity index (χ0n) is 57.9. The molecular formula is C70H136O17P2. The summed E-state index contributed by atoms with van der Waals surface area (Å²) in [6, 6.07) is 0. The Morgan fingerprint density at radius 3 is 0.764 bits per heavy atom. The monoisotopic (exact) mass is 1310 g/mol. The van der Waals surface area contributed by atoms with Crippen molar-refractivity contribution in [1.29, 1.82) is 0 Å². The van der Waals surface area contributed by atoms with Gasteiger partial charge in [0.2, 0.25) is 0 Å². The van der Waals surface area contributed by atoms with Crippen molar-refractivity contribution < 1.29 is 80.2 Å². The van der Waals surface area contributed by atoms with Crippen molar-refractivity contribution in [1.82, 2.24) is 0 Å². The molecule has 0 heterocycles. The van der Waals surface area contributed by atoms with Crippen LogP contribution in [0, 0.1) is 17.8 Å². The van der Waals surface area contributed by atoms with E-state index in [9.17, 15) is 43.2 Å². The van der Waals surface area contributed by atoms with E-state index in [2.05, 4.69) is 48.5 Å². The summed E-state index contributed by atoms with van der Waals surface area (Å²) in [7, 11) is -9.90. The van der Waals surface area contributed by atoms with Crippen molar-refractivity contribution in [3.63, 3.8) is 0 Å². The molecule has 3 N–H and O–H groups in total. The summed E-state index contributed by atoms with van der Waals surface area (Å²) in [6.45, 7) is 11.8. The van der Waals surface area contributed by atoms with Crippen LogP contribution in [0.4, 0.5) is 0 Å². The Morgan fingerprint density at radius 2 is 0.517 bits per heavy atom. The second-order valence-electron chi connectivity index (χ2n) is 26.7. The number of phosphoric ester groups is 2. The number of carbonyl (C=O) groups excluding carboxylic acids is 4. The first-order valence-electron chi connectivity index (χ1n) is 36.3. The highest BCUT2D eigenvalue weighted by molar-refractivity contribution is 7.47. The lowest BCUT2D eigenvalue weighted by Crippen LogP contribution is -2.30. The molecule has 0 amide bonds. The van der Waals surface area contributed by atoms with Gasteiger partial charge in [0.05, 0.1) is 26.4 Å². The predicted molar refractivity (Wildman–Crippen MR) is 358 cm³/mol. The van der Waals surface area contributed by atoms with E-state index >= 15 is 0 Å². The summed E-state index contributed by atoms with van der Waals surface area (Å²) in [5.74, 6) is 0.111. The van der Waals surface area contributed by atoms with Gasteiger partial charge in [0, 0.05) is 25.7 Å². The summed E-state index contributed by atoms with van der Waals surface area (Å²) < 4.78 is 68.2. The maximum atomic E-state index is 13.0. The fourth-order valence-corrected chi connectivity index (χ4v) is 12.1. The number of ether oxygens (including phenoxy) is 4. The first-order chi connectivity index (χ1) is 42.7. The summed E-state index contributed by atoms with van der Waals surface area (Å²) >= 11 is 0. The number of hydrogen-bond acceptors (Lipinski definition) is 15. The lowest BCUT2D eigenvalue weighted by molar-refractivity contribution is -0.161. The quantitative estimate of drug-likeness (QED) is 0.0222. The van der Waals surface area contributed by atoms with Gasteiger partial charge in [0.25, 0.3) is 0 Å². The molecule has 0 aliphatic rings. The third kappa shape index (κ3) is 64.6. The minimum Gasteiger partial charge on any atom is -0.462 e. The second kappa shape index (κ2) is 61.0. The van der Waals surface area contributed by atoms with E-state index in [0.29, 0.717) is 31.6 Å². The van der Waals surface area contributed by atoms with E-state index < -0.39 is 97.5 Å². The summed E-state index contributed by atoms with van der Waals surface area (Å²) in [6.07, 6.45) is 44.5. The first-order valence-corrected chi connectivity index (χ1v) is 39.3. The highest BCUT2D eigenvalue weighted by Crippen LogP contribution is 2.45. The summed E-state index contributed by atoms with van der Waals surface area (Å²) in [5.41, 5.74) is 0. The zero-order chi connectivity index (χ0) is 65.9. The normalized spacial score (nSPS) is 14.2. The molecule has 0 saturated carbocycles. The van der Waals surface area contributed by atoms with Crippen LogP contribution in [0.2, 0.25) is 0 Å². The molecule has 0 aromatic rings. The smallest absolute Gasteiger partial charge is 0.462 e. The highest BCUT2D eigenvalue weighted by atomic mass is 31.2. The van der Waals surface area contributed by atoms with E-state index in [1.807, 2.05) is 0 Å². The Balaban J connectivity index is 5.23. The third-order valence-electron chi connectivity index (χ3n) is 16.1. The third-order valence-corrected chi connectivity index (χ3v) is 18.0. The molecule has 0 aromatic heterocycles. The Kier molecular flexibility index (Phi) is 59.6. The van der Waals surface area contributed by atoms with Crippen LogP contribution in [0.1, 0.15) is 350 Å². The van der Waals surface area contributed by atoms with Gasteiger partial charge in [0.15, 0.2) is 12.2 Å².